The number of hydrogen-bond acceptors (Lipinski definition) is 4. The minimum atomic E-state index is -3.54. The van der Waals surface area contributed by atoms with E-state index in [-0.39, 0.29) is 11.7 Å². The van der Waals surface area contributed by atoms with Crippen molar-refractivity contribution in [3.8, 4) is 5.88 Å². The van der Waals surface area contributed by atoms with Gasteiger partial charge in [-0.2, -0.15) is 0 Å². The first-order valence-corrected chi connectivity index (χ1v) is 9.36. The Kier molecular flexibility index (Phi) is 4.32. The Hall–Kier alpha value is -2.34. The molecule has 2 aromatic heterocycles. The smallest absolute Gasteiger partial charge is 0.243 e. The zero-order chi connectivity index (χ0) is 17.3. The average molecular weight is 344 g/mol. The molecule has 0 saturated heterocycles. The Labute approximate surface area is 142 Å². The Morgan fingerprint density at radius 2 is 1.83 bits per heavy atom. The minimum Gasteiger partial charge on any atom is -0.481 e. The van der Waals surface area contributed by atoms with Crippen molar-refractivity contribution >= 4 is 21.1 Å². The van der Waals surface area contributed by atoms with Gasteiger partial charge >= 0.3 is 0 Å². The molecule has 0 aliphatic rings. The maximum atomic E-state index is 12.9. The van der Waals surface area contributed by atoms with Crippen LogP contribution in [0.4, 0.5) is 0 Å². The van der Waals surface area contributed by atoms with Crippen LogP contribution in [0.1, 0.15) is 30.9 Å². The van der Waals surface area contributed by atoms with Crippen molar-refractivity contribution in [2.45, 2.75) is 25.5 Å². The maximum Gasteiger partial charge on any atom is 0.243 e. The molecule has 0 aliphatic heterocycles. The summed E-state index contributed by atoms with van der Waals surface area (Å²) in [5.41, 5.74) is 2.89. The van der Waals surface area contributed by atoms with Crippen LogP contribution in [0.25, 0.3) is 11.0 Å². The zero-order valence-electron chi connectivity index (χ0n) is 13.9. The van der Waals surface area contributed by atoms with Crippen LogP contribution >= 0.6 is 0 Å². The van der Waals surface area contributed by atoms with Gasteiger partial charge in [-0.1, -0.05) is 44.2 Å². The summed E-state index contributed by atoms with van der Waals surface area (Å²) in [4.78, 5) is 4.45. The third-order valence-corrected chi connectivity index (χ3v) is 5.54. The topological polar surface area (TPSA) is 61.2 Å². The molecule has 5 nitrogen and oxygen atoms in total. The SMILES string of the molecule is COc1ccc2c(n1)c(C(C)C)cn2S(=O)(=O)Cc1ccccc1. The molecule has 1 aromatic carbocycles. The van der Waals surface area contributed by atoms with Gasteiger partial charge in [0.05, 0.1) is 23.9 Å². The summed E-state index contributed by atoms with van der Waals surface area (Å²) < 4.78 is 32.3. The van der Waals surface area contributed by atoms with Gasteiger partial charge in [0.25, 0.3) is 0 Å². The predicted molar refractivity (Wildman–Crippen MR) is 94.8 cm³/mol. The van der Waals surface area contributed by atoms with Crippen molar-refractivity contribution < 1.29 is 13.2 Å². The van der Waals surface area contributed by atoms with E-state index in [1.54, 1.807) is 25.4 Å². The monoisotopic (exact) mass is 344 g/mol. The molecule has 3 aromatic rings. The second-order valence-electron chi connectivity index (χ2n) is 6.00. The second kappa shape index (κ2) is 6.28. The van der Waals surface area contributed by atoms with Crippen molar-refractivity contribution in [1.82, 2.24) is 8.96 Å². The number of benzene rings is 1. The predicted octanol–water partition coefficient (Wildman–Crippen LogP) is 3.55. The Morgan fingerprint density at radius 3 is 2.46 bits per heavy atom. The van der Waals surface area contributed by atoms with Crippen molar-refractivity contribution in [2.75, 3.05) is 7.11 Å². The molecule has 0 aliphatic carbocycles. The Bertz CT molecular complexity index is 961. The fourth-order valence-electron chi connectivity index (χ4n) is 2.70. The molecule has 0 saturated carbocycles. The lowest BCUT2D eigenvalue weighted by atomic mass is 10.1. The number of methoxy groups -OCH3 is 1. The molecule has 0 bridgehead atoms. The standard InChI is InChI=1S/C18H20N2O3S/c1-13(2)15-11-20(16-9-10-17(23-3)19-18(15)16)24(21,22)12-14-7-5-4-6-8-14/h4-11,13H,12H2,1-3H3. The first-order valence-electron chi connectivity index (χ1n) is 7.75. The first-order chi connectivity index (χ1) is 11.4. The summed E-state index contributed by atoms with van der Waals surface area (Å²) in [5.74, 6) is 0.573. The van der Waals surface area contributed by atoms with Crippen LogP contribution in [-0.4, -0.2) is 24.5 Å². The molecular formula is C18H20N2O3S. The molecule has 0 amide bonds. The summed E-state index contributed by atoms with van der Waals surface area (Å²) in [6, 6.07) is 12.6. The quantitative estimate of drug-likeness (QED) is 0.710. The van der Waals surface area contributed by atoms with Crippen LogP contribution in [0.15, 0.2) is 48.7 Å². The lowest BCUT2D eigenvalue weighted by Gasteiger charge is -2.07. The molecule has 6 heteroatoms. The highest BCUT2D eigenvalue weighted by molar-refractivity contribution is 7.89. The number of nitrogens with zero attached hydrogens (tertiary/aromatic N) is 2. The highest BCUT2D eigenvalue weighted by atomic mass is 32.2. The maximum absolute atomic E-state index is 12.9. The van der Waals surface area contributed by atoms with Gasteiger partial charge in [0.1, 0.15) is 0 Å². The van der Waals surface area contributed by atoms with E-state index in [2.05, 4.69) is 4.98 Å². The van der Waals surface area contributed by atoms with E-state index in [0.29, 0.717) is 16.9 Å². The van der Waals surface area contributed by atoms with Crippen molar-refractivity contribution in [1.29, 1.82) is 0 Å². The summed E-state index contributed by atoms with van der Waals surface area (Å²) >= 11 is 0. The van der Waals surface area contributed by atoms with Gasteiger partial charge in [-0.15, -0.1) is 0 Å². The summed E-state index contributed by atoms with van der Waals surface area (Å²) in [6.45, 7) is 4.04. The van der Waals surface area contributed by atoms with Gasteiger partial charge in [0.2, 0.25) is 15.9 Å². The second-order valence-corrected chi connectivity index (χ2v) is 7.84. The van der Waals surface area contributed by atoms with Crippen LogP contribution in [0.2, 0.25) is 0 Å². The third-order valence-electron chi connectivity index (χ3n) is 3.94. The number of rotatable bonds is 5. The average Bonchev–Trinajstić information content (AvgIpc) is 2.95. The molecular weight excluding hydrogens is 324 g/mol. The lowest BCUT2D eigenvalue weighted by Crippen LogP contribution is -2.14. The zero-order valence-corrected chi connectivity index (χ0v) is 14.7. The number of fused-ring (bicyclic) bond motifs is 1. The Morgan fingerprint density at radius 1 is 1.12 bits per heavy atom. The first kappa shape index (κ1) is 16.5. The molecule has 2 heterocycles. The fraction of sp³-hybridized carbons (Fsp3) is 0.278. The fourth-order valence-corrected chi connectivity index (χ4v) is 4.18. The Balaban J connectivity index is 2.15. The summed E-state index contributed by atoms with van der Waals surface area (Å²) in [5, 5.41) is 0. The normalized spacial score (nSPS) is 12.0. The number of hydrogen-bond donors (Lipinski definition) is 0. The van der Waals surface area contributed by atoms with E-state index in [1.165, 1.54) is 3.97 Å². The van der Waals surface area contributed by atoms with Crippen LogP contribution in [-0.2, 0) is 15.8 Å². The molecule has 126 valence electrons. The molecule has 0 radical (unpaired) electrons. The van der Waals surface area contributed by atoms with E-state index in [4.69, 9.17) is 4.74 Å². The van der Waals surface area contributed by atoms with E-state index in [0.717, 1.165) is 11.1 Å². The minimum absolute atomic E-state index is 0.0544. The van der Waals surface area contributed by atoms with Crippen LogP contribution in [0.5, 0.6) is 5.88 Å². The highest BCUT2D eigenvalue weighted by Crippen LogP contribution is 2.29. The van der Waals surface area contributed by atoms with Crippen molar-refractivity contribution in [3.63, 3.8) is 0 Å². The van der Waals surface area contributed by atoms with Gasteiger partial charge in [0.15, 0.2) is 0 Å². The number of pyridine rings is 1. The van der Waals surface area contributed by atoms with E-state index < -0.39 is 10.0 Å². The summed E-state index contributed by atoms with van der Waals surface area (Å²) in [6.07, 6.45) is 1.68. The van der Waals surface area contributed by atoms with Gasteiger partial charge in [0, 0.05) is 17.8 Å². The van der Waals surface area contributed by atoms with E-state index in [1.807, 2.05) is 44.2 Å². The molecule has 0 atom stereocenters. The van der Waals surface area contributed by atoms with Crippen LogP contribution < -0.4 is 4.74 Å². The van der Waals surface area contributed by atoms with Crippen molar-refractivity contribution in [2.24, 2.45) is 0 Å². The van der Waals surface area contributed by atoms with Gasteiger partial charge in [-0.25, -0.2) is 17.4 Å². The lowest BCUT2D eigenvalue weighted by molar-refractivity contribution is 0.399. The van der Waals surface area contributed by atoms with Gasteiger partial charge in [-0.3, -0.25) is 0 Å². The van der Waals surface area contributed by atoms with Gasteiger partial charge < -0.3 is 4.74 Å². The van der Waals surface area contributed by atoms with Crippen LogP contribution in [0.3, 0.4) is 0 Å². The molecule has 3 rings (SSSR count). The number of ether oxygens (including phenoxy) is 1. The largest absolute Gasteiger partial charge is 0.481 e. The molecule has 0 spiro atoms. The van der Waals surface area contributed by atoms with Gasteiger partial charge in [-0.05, 0) is 17.5 Å². The summed E-state index contributed by atoms with van der Waals surface area (Å²) in [7, 11) is -1.99. The molecule has 0 unspecified atom stereocenters. The van der Waals surface area contributed by atoms with E-state index in [9.17, 15) is 8.42 Å². The van der Waals surface area contributed by atoms with E-state index >= 15 is 0 Å². The van der Waals surface area contributed by atoms with Crippen molar-refractivity contribution in [3.05, 3.63) is 59.8 Å². The molecule has 0 fully saturated rings. The van der Waals surface area contributed by atoms with Crippen LogP contribution in [0, 0.1) is 0 Å². The molecule has 24 heavy (non-hydrogen) atoms. The molecule has 0 N–H and O–H groups in total. The third kappa shape index (κ3) is 3.01. The highest BCUT2D eigenvalue weighted by Gasteiger charge is 2.22. The number of aromatic nitrogens is 2.